The Hall–Kier alpha value is -1.59. The van der Waals surface area contributed by atoms with Crippen molar-refractivity contribution in [2.75, 3.05) is 44.7 Å². The Bertz CT molecular complexity index is 664. The Morgan fingerprint density at radius 3 is 2.65 bits per heavy atom. The molecule has 1 aromatic rings. The van der Waals surface area contributed by atoms with E-state index < -0.39 is 0 Å². The van der Waals surface area contributed by atoms with E-state index in [0.717, 1.165) is 31.9 Å². The van der Waals surface area contributed by atoms with E-state index in [9.17, 15) is 9.59 Å². The third-order valence-electron chi connectivity index (χ3n) is 5.17. The highest BCUT2D eigenvalue weighted by Crippen LogP contribution is 2.40. The average Bonchev–Trinajstić information content (AvgIpc) is 2.82. The lowest BCUT2D eigenvalue weighted by Gasteiger charge is -2.59. The number of carbonyl (C=O) groups is 2. The molecular weight excluding hydrogens is 314 g/mol. The molecule has 0 saturated carbocycles. The molecular formula is C17H20ClN3O2. The van der Waals surface area contributed by atoms with E-state index in [4.69, 9.17) is 11.6 Å². The zero-order valence-corrected chi connectivity index (χ0v) is 13.9. The second kappa shape index (κ2) is 5.21. The summed E-state index contributed by atoms with van der Waals surface area (Å²) in [5, 5.41) is 0.601. The van der Waals surface area contributed by atoms with Gasteiger partial charge in [0, 0.05) is 55.3 Å². The Balaban J connectivity index is 1.40. The predicted octanol–water partition coefficient (Wildman–Crippen LogP) is 1.47. The van der Waals surface area contributed by atoms with Gasteiger partial charge in [-0.1, -0.05) is 17.7 Å². The first-order chi connectivity index (χ1) is 11.0. The van der Waals surface area contributed by atoms with Crippen LogP contribution in [-0.4, -0.2) is 61.4 Å². The molecule has 23 heavy (non-hydrogen) atoms. The van der Waals surface area contributed by atoms with Gasteiger partial charge < -0.3 is 14.7 Å². The van der Waals surface area contributed by atoms with Gasteiger partial charge in [0.05, 0.1) is 5.92 Å². The summed E-state index contributed by atoms with van der Waals surface area (Å²) in [5.41, 5.74) is 1.11. The van der Waals surface area contributed by atoms with E-state index in [0.29, 0.717) is 23.4 Å². The zero-order valence-electron chi connectivity index (χ0n) is 13.2. The van der Waals surface area contributed by atoms with Crippen molar-refractivity contribution in [1.29, 1.82) is 0 Å². The van der Waals surface area contributed by atoms with Crippen LogP contribution in [0.15, 0.2) is 24.3 Å². The molecule has 3 heterocycles. The Morgan fingerprint density at radius 2 is 2.00 bits per heavy atom. The number of anilines is 1. The third kappa shape index (κ3) is 2.52. The van der Waals surface area contributed by atoms with Gasteiger partial charge in [0.2, 0.25) is 11.8 Å². The average molecular weight is 334 g/mol. The summed E-state index contributed by atoms with van der Waals surface area (Å²) in [5.74, 6) is -0.0936. The SMILES string of the molecule is CN1CC2(C1)CN(C(=O)C1CC(=O)N(c3cccc(Cl)c3)C1)C2. The number of benzene rings is 1. The molecule has 5 nitrogen and oxygen atoms in total. The first kappa shape index (κ1) is 15.0. The molecule has 2 amide bonds. The van der Waals surface area contributed by atoms with Crippen LogP contribution in [0.4, 0.5) is 5.69 Å². The molecule has 1 unspecified atom stereocenters. The van der Waals surface area contributed by atoms with Gasteiger partial charge in [-0.3, -0.25) is 9.59 Å². The van der Waals surface area contributed by atoms with Gasteiger partial charge in [-0.15, -0.1) is 0 Å². The van der Waals surface area contributed by atoms with Crippen LogP contribution in [-0.2, 0) is 9.59 Å². The fourth-order valence-corrected chi connectivity index (χ4v) is 4.43. The number of amides is 2. The van der Waals surface area contributed by atoms with Crippen LogP contribution in [0.5, 0.6) is 0 Å². The smallest absolute Gasteiger partial charge is 0.228 e. The number of rotatable bonds is 2. The molecule has 0 aromatic heterocycles. The lowest BCUT2D eigenvalue weighted by Crippen LogP contribution is -2.72. The van der Waals surface area contributed by atoms with Crippen LogP contribution in [0.25, 0.3) is 0 Å². The van der Waals surface area contributed by atoms with Crippen molar-refractivity contribution in [1.82, 2.24) is 9.80 Å². The fraction of sp³-hybridized carbons (Fsp3) is 0.529. The van der Waals surface area contributed by atoms with Crippen LogP contribution in [0, 0.1) is 11.3 Å². The second-order valence-electron chi connectivity index (χ2n) is 7.25. The van der Waals surface area contributed by atoms with E-state index in [2.05, 4.69) is 11.9 Å². The minimum absolute atomic E-state index is 0.00392. The van der Waals surface area contributed by atoms with Gasteiger partial charge >= 0.3 is 0 Å². The van der Waals surface area contributed by atoms with Crippen LogP contribution in [0.1, 0.15) is 6.42 Å². The Kier molecular flexibility index (Phi) is 3.39. The van der Waals surface area contributed by atoms with Crippen molar-refractivity contribution < 1.29 is 9.59 Å². The van der Waals surface area contributed by atoms with Gasteiger partial charge in [0.25, 0.3) is 0 Å². The van der Waals surface area contributed by atoms with Crippen molar-refractivity contribution in [3.63, 3.8) is 0 Å². The van der Waals surface area contributed by atoms with Crippen molar-refractivity contribution >= 4 is 29.1 Å². The van der Waals surface area contributed by atoms with Gasteiger partial charge in [-0.05, 0) is 25.2 Å². The molecule has 1 atom stereocenters. The number of halogens is 1. The van der Waals surface area contributed by atoms with Gasteiger partial charge in [-0.2, -0.15) is 0 Å². The van der Waals surface area contributed by atoms with Crippen LogP contribution in [0.2, 0.25) is 5.02 Å². The van der Waals surface area contributed by atoms with E-state index in [1.54, 1.807) is 17.0 Å². The highest BCUT2D eigenvalue weighted by Gasteiger charge is 2.53. The maximum absolute atomic E-state index is 12.6. The fourth-order valence-electron chi connectivity index (χ4n) is 4.24. The summed E-state index contributed by atoms with van der Waals surface area (Å²) in [6.45, 7) is 4.31. The van der Waals surface area contributed by atoms with E-state index in [-0.39, 0.29) is 17.7 Å². The van der Waals surface area contributed by atoms with E-state index in [1.807, 2.05) is 17.0 Å². The molecule has 0 aliphatic carbocycles. The van der Waals surface area contributed by atoms with Crippen LogP contribution >= 0.6 is 11.6 Å². The molecule has 1 spiro atoms. The lowest BCUT2D eigenvalue weighted by atomic mass is 9.73. The summed E-state index contributed by atoms with van der Waals surface area (Å²) >= 11 is 6.00. The van der Waals surface area contributed by atoms with Crippen LogP contribution in [0.3, 0.4) is 0 Å². The highest BCUT2D eigenvalue weighted by molar-refractivity contribution is 6.31. The molecule has 122 valence electrons. The van der Waals surface area contributed by atoms with Crippen LogP contribution < -0.4 is 4.90 Å². The summed E-state index contributed by atoms with van der Waals surface area (Å²) in [6, 6.07) is 7.24. The number of carbonyl (C=O) groups excluding carboxylic acids is 2. The quantitative estimate of drug-likeness (QED) is 0.823. The van der Waals surface area contributed by atoms with Crippen molar-refractivity contribution in [2.24, 2.45) is 11.3 Å². The molecule has 3 aliphatic rings. The molecule has 6 heteroatoms. The monoisotopic (exact) mass is 333 g/mol. The predicted molar refractivity (Wildman–Crippen MR) is 88.4 cm³/mol. The number of hydrogen-bond donors (Lipinski definition) is 0. The maximum atomic E-state index is 12.6. The van der Waals surface area contributed by atoms with Gasteiger partial charge in [0.15, 0.2) is 0 Å². The molecule has 3 aliphatic heterocycles. The number of likely N-dealkylation sites (tertiary alicyclic amines) is 2. The number of hydrogen-bond acceptors (Lipinski definition) is 3. The topological polar surface area (TPSA) is 43.9 Å². The molecule has 0 radical (unpaired) electrons. The normalized spacial score (nSPS) is 26.3. The van der Waals surface area contributed by atoms with E-state index in [1.165, 1.54) is 0 Å². The maximum Gasteiger partial charge on any atom is 0.228 e. The molecule has 4 rings (SSSR count). The number of nitrogens with zero attached hydrogens (tertiary/aromatic N) is 3. The molecule has 3 saturated heterocycles. The summed E-state index contributed by atoms with van der Waals surface area (Å²) in [4.78, 5) is 30.8. The summed E-state index contributed by atoms with van der Waals surface area (Å²) in [6.07, 6.45) is 0.300. The lowest BCUT2D eigenvalue weighted by molar-refractivity contribution is -0.160. The third-order valence-corrected chi connectivity index (χ3v) is 5.40. The van der Waals surface area contributed by atoms with Gasteiger partial charge in [0.1, 0.15) is 0 Å². The molecule has 0 bridgehead atoms. The van der Waals surface area contributed by atoms with Crippen molar-refractivity contribution in [3.05, 3.63) is 29.3 Å². The minimum atomic E-state index is -0.225. The molecule has 0 N–H and O–H groups in total. The van der Waals surface area contributed by atoms with Gasteiger partial charge in [-0.25, -0.2) is 0 Å². The largest absolute Gasteiger partial charge is 0.341 e. The van der Waals surface area contributed by atoms with Crippen molar-refractivity contribution in [3.8, 4) is 0 Å². The minimum Gasteiger partial charge on any atom is -0.341 e. The Morgan fingerprint density at radius 1 is 1.26 bits per heavy atom. The standard InChI is InChI=1S/C17H20ClN3O2/c1-19-8-17(9-19)10-20(11-17)16(23)12-5-15(22)21(7-12)14-4-2-3-13(18)6-14/h2-4,6,12H,5,7-11H2,1H3. The first-order valence-corrected chi connectivity index (χ1v) is 8.37. The first-order valence-electron chi connectivity index (χ1n) is 7.99. The van der Waals surface area contributed by atoms with Crippen molar-refractivity contribution in [2.45, 2.75) is 6.42 Å². The van der Waals surface area contributed by atoms with E-state index >= 15 is 0 Å². The molecule has 1 aromatic carbocycles. The zero-order chi connectivity index (χ0) is 16.2. The highest BCUT2D eigenvalue weighted by atomic mass is 35.5. The molecule has 3 fully saturated rings. The summed E-state index contributed by atoms with van der Waals surface area (Å²) < 4.78 is 0. The Labute approximate surface area is 140 Å². The summed E-state index contributed by atoms with van der Waals surface area (Å²) in [7, 11) is 2.11. The second-order valence-corrected chi connectivity index (χ2v) is 7.69.